The molecule has 1 N–H and O–H groups in total. The van der Waals surface area contributed by atoms with Gasteiger partial charge in [0, 0.05) is 6.42 Å². The summed E-state index contributed by atoms with van der Waals surface area (Å²) in [5, 5.41) is 10.7. The summed E-state index contributed by atoms with van der Waals surface area (Å²) in [5.74, 6) is 1.11. The van der Waals surface area contributed by atoms with Crippen molar-refractivity contribution in [2.45, 2.75) is 44.6 Å². The lowest BCUT2D eigenvalue weighted by Gasteiger charge is -2.17. The Kier molecular flexibility index (Phi) is 3.37. The number of rotatable bonds is 4. The van der Waals surface area contributed by atoms with Gasteiger partial charge in [0.15, 0.2) is 0 Å². The zero-order valence-electron chi connectivity index (χ0n) is 10.6. The third-order valence-electron chi connectivity index (χ3n) is 3.38. The van der Waals surface area contributed by atoms with Crippen LogP contribution in [0.3, 0.4) is 0 Å². The van der Waals surface area contributed by atoms with Crippen LogP contribution in [-0.2, 0) is 6.42 Å². The van der Waals surface area contributed by atoms with Crippen LogP contribution in [0.25, 0.3) is 0 Å². The summed E-state index contributed by atoms with van der Waals surface area (Å²) < 4.78 is 5.24. The van der Waals surface area contributed by atoms with E-state index in [1.54, 1.807) is 7.11 Å². The largest absolute Gasteiger partial charge is 0.495 e. The van der Waals surface area contributed by atoms with Crippen LogP contribution in [0.1, 0.15) is 43.7 Å². The number of benzene rings is 1. The Morgan fingerprint density at radius 1 is 1.41 bits per heavy atom. The van der Waals surface area contributed by atoms with Gasteiger partial charge in [0.25, 0.3) is 0 Å². The molecule has 0 amide bonds. The first-order valence-electron chi connectivity index (χ1n) is 6.04. The van der Waals surface area contributed by atoms with Gasteiger partial charge in [0.1, 0.15) is 5.75 Å². The molecule has 0 unspecified atom stereocenters. The van der Waals surface area contributed by atoms with Crippen molar-refractivity contribution in [3.05, 3.63) is 28.3 Å². The van der Waals surface area contributed by atoms with Gasteiger partial charge >= 0.3 is 0 Å². The third-order valence-corrected chi connectivity index (χ3v) is 3.68. The van der Waals surface area contributed by atoms with Crippen LogP contribution >= 0.6 is 11.6 Å². The van der Waals surface area contributed by atoms with Gasteiger partial charge in [0.05, 0.1) is 17.7 Å². The van der Waals surface area contributed by atoms with Crippen molar-refractivity contribution in [2.75, 3.05) is 7.11 Å². The molecule has 0 aliphatic heterocycles. The third kappa shape index (κ3) is 2.75. The number of halogens is 1. The fourth-order valence-electron chi connectivity index (χ4n) is 2.13. The fourth-order valence-corrected chi connectivity index (χ4v) is 2.40. The molecule has 0 radical (unpaired) electrons. The summed E-state index contributed by atoms with van der Waals surface area (Å²) in [7, 11) is 1.62. The molecular formula is C14H19ClO2. The van der Waals surface area contributed by atoms with Gasteiger partial charge in [0.2, 0.25) is 0 Å². The van der Waals surface area contributed by atoms with Gasteiger partial charge in [-0.1, -0.05) is 25.4 Å². The van der Waals surface area contributed by atoms with Crippen molar-refractivity contribution in [3.63, 3.8) is 0 Å². The van der Waals surface area contributed by atoms with Gasteiger partial charge in [-0.05, 0) is 42.0 Å². The van der Waals surface area contributed by atoms with Crippen LogP contribution in [-0.4, -0.2) is 17.8 Å². The molecule has 94 valence electrons. The SMILES string of the molecule is COc1cc(C(C)C)c(CC2(O)CC2)cc1Cl. The second-order valence-electron chi connectivity index (χ2n) is 5.24. The first-order chi connectivity index (χ1) is 7.95. The van der Waals surface area contributed by atoms with E-state index in [1.165, 1.54) is 5.56 Å². The molecule has 3 heteroatoms. The average Bonchev–Trinajstić information content (AvgIpc) is 2.96. The molecule has 0 saturated heterocycles. The minimum atomic E-state index is -0.485. The van der Waals surface area contributed by atoms with E-state index in [-0.39, 0.29) is 0 Å². The number of aliphatic hydroxyl groups is 1. The lowest BCUT2D eigenvalue weighted by molar-refractivity contribution is 0.150. The molecular weight excluding hydrogens is 236 g/mol. The predicted octanol–water partition coefficient (Wildman–Crippen LogP) is 3.54. The van der Waals surface area contributed by atoms with Crippen LogP contribution in [0, 0.1) is 0 Å². The average molecular weight is 255 g/mol. The molecule has 2 rings (SSSR count). The van der Waals surface area contributed by atoms with Crippen molar-refractivity contribution in [3.8, 4) is 5.75 Å². The summed E-state index contributed by atoms with van der Waals surface area (Å²) in [4.78, 5) is 0. The monoisotopic (exact) mass is 254 g/mol. The number of hydrogen-bond donors (Lipinski definition) is 1. The van der Waals surface area contributed by atoms with Gasteiger partial charge in [-0.2, -0.15) is 0 Å². The normalized spacial score (nSPS) is 17.3. The molecule has 1 aliphatic carbocycles. The highest BCUT2D eigenvalue weighted by Crippen LogP contribution is 2.41. The Bertz CT molecular complexity index is 422. The van der Waals surface area contributed by atoms with E-state index in [4.69, 9.17) is 16.3 Å². The van der Waals surface area contributed by atoms with Crippen molar-refractivity contribution >= 4 is 11.6 Å². The molecule has 0 atom stereocenters. The maximum absolute atomic E-state index is 10.0. The Labute approximate surface area is 108 Å². The molecule has 1 aliphatic rings. The molecule has 1 aromatic rings. The minimum absolute atomic E-state index is 0.401. The Balaban J connectivity index is 2.38. The van der Waals surface area contributed by atoms with Gasteiger partial charge in [-0.3, -0.25) is 0 Å². The highest BCUT2D eigenvalue weighted by atomic mass is 35.5. The zero-order valence-corrected chi connectivity index (χ0v) is 11.3. The molecule has 17 heavy (non-hydrogen) atoms. The lowest BCUT2D eigenvalue weighted by atomic mass is 9.93. The van der Waals surface area contributed by atoms with Crippen molar-refractivity contribution < 1.29 is 9.84 Å². The molecule has 2 nitrogen and oxygen atoms in total. The highest BCUT2D eigenvalue weighted by Gasteiger charge is 2.40. The van der Waals surface area contributed by atoms with E-state index in [1.807, 2.05) is 12.1 Å². The van der Waals surface area contributed by atoms with E-state index in [0.29, 0.717) is 23.1 Å². The smallest absolute Gasteiger partial charge is 0.137 e. The molecule has 1 fully saturated rings. The molecule has 1 aromatic carbocycles. The second kappa shape index (κ2) is 4.51. The first-order valence-corrected chi connectivity index (χ1v) is 6.42. The van der Waals surface area contributed by atoms with E-state index in [9.17, 15) is 5.11 Å². The molecule has 0 heterocycles. The molecule has 0 bridgehead atoms. The second-order valence-corrected chi connectivity index (χ2v) is 5.65. The van der Waals surface area contributed by atoms with Gasteiger partial charge < -0.3 is 9.84 Å². The fraction of sp³-hybridized carbons (Fsp3) is 0.571. The maximum atomic E-state index is 10.0. The summed E-state index contributed by atoms with van der Waals surface area (Å²) in [5.41, 5.74) is 1.87. The maximum Gasteiger partial charge on any atom is 0.137 e. The standard InChI is InChI=1S/C14H19ClO2/c1-9(2)11-7-13(17-3)12(15)6-10(11)8-14(16)4-5-14/h6-7,9,16H,4-5,8H2,1-3H3. The van der Waals surface area contributed by atoms with Crippen LogP contribution in [0.15, 0.2) is 12.1 Å². The summed E-state index contributed by atoms with van der Waals surface area (Å²) in [6.45, 7) is 4.28. The quantitative estimate of drug-likeness (QED) is 0.891. The Morgan fingerprint density at radius 2 is 2.06 bits per heavy atom. The van der Waals surface area contributed by atoms with Crippen molar-refractivity contribution in [1.29, 1.82) is 0 Å². The van der Waals surface area contributed by atoms with Crippen LogP contribution in [0.5, 0.6) is 5.75 Å². The van der Waals surface area contributed by atoms with Crippen molar-refractivity contribution in [2.24, 2.45) is 0 Å². The molecule has 0 aromatic heterocycles. The lowest BCUT2D eigenvalue weighted by Crippen LogP contribution is -2.13. The summed E-state index contributed by atoms with van der Waals surface area (Å²) in [6, 6.07) is 3.93. The van der Waals surface area contributed by atoms with E-state index in [0.717, 1.165) is 18.4 Å². The van der Waals surface area contributed by atoms with Gasteiger partial charge in [-0.25, -0.2) is 0 Å². The number of ether oxygens (including phenoxy) is 1. The van der Waals surface area contributed by atoms with E-state index >= 15 is 0 Å². The molecule has 1 saturated carbocycles. The summed E-state index contributed by atoms with van der Waals surface area (Å²) >= 11 is 6.15. The zero-order chi connectivity index (χ0) is 12.6. The van der Waals surface area contributed by atoms with Crippen LogP contribution in [0.4, 0.5) is 0 Å². The van der Waals surface area contributed by atoms with E-state index < -0.39 is 5.60 Å². The Hall–Kier alpha value is -0.730. The van der Waals surface area contributed by atoms with Crippen LogP contribution < -0.4 is 4.74 Å². The number of methoxy groups -OCH3 is 1. The first kappa shape index (κ1) is 12.7. The summed E-state index contributed by atoms with van der Waals surface area (Å²) in [6.07, 6.45) is 2.49. The predicted molar refractivity (Wildman–Crippen MR) is 70.0 cm³/mol. The highest BCUT2D eigenvalue weighted by molar-refractivity contribution is 6.32. The van der Waals surface area contributed by atoms with Gasteiger partial charge in [-0.15, -0.1) is 0 Å². The Morgan fingerprint density at radius 3 is 2.53 bits per heavy atom. The van der Waals surface area contributed by atoms with Crippen molar-refractivity contribution in [1.82, 2.24) is 0 Å². The molecule has 0 spiro atoms. The topological polar surface area (TPSA) is 29.5 Å². The minimum Gasteiger partial charge on any atom is -0.495 e. The van der Waals surface area contributed by atoms with Crippen LogP contribution in [0.2, 0.25) is 5.02 Å². The number of hydrogen-bond acceptors (Lipinski definition) is 2. The van der Waals surface area contributed by atoms with E-state index in [2.05, 4.69) is 13.8 Å².